The van der Waals surface area contributed by atoms with Crippen LogP contribution in [0.1, 0.15) is 22.0 Å². The molecule has 0 aliphatic rings. The Kier molecular flexibility index (Phi) is 5.96. The van der Waals surface area contributed by atoms with Gasteiger partial charge in [-0.2, -0.15) is 0 Å². The fraction of sp³-hybridized carbons (Fsp3) is 0.222. The summed E-state index contributed by atoms with van der Waals surface area (Å²) in [5, 5.41) is 12.8. The number of aliphatic hydroxyl groups is 1. The largest absolute Gasteiger partial charge is 0.501 e. The molecule has 2 aromatic rings. The van der Waals surface area contributed by atoms with Gasteiger partial charge < -0.3 is 24.5 Å². The van der Waals surface area contributed by atoms with Crippen molar-refractivity contribution in [2.75, 3.05) is 19.5 Å². The molecule has 1 aromatic heterocycles. The summed E-state index contributed by atoms with van der Waals surface area (Å²) in [5.41, 5.74) is 0.497. The van der Waals surface area contributed by atoms with Crippen molar-refractivity contribution in [2.24, 2.45) is 7.05 Å². The number of hydrogen-bond acceptors (Lipinski definition) is 7. The molecule has 0 saturated heterocycles. The number of esters is 2. The lowest BCUT2D eigenvalue weighted by molar-refractivity contribution is -0.140. The molecule has 0 spiro atoms. The molecule has 0 fully saturated rings. The molecule has 0 radical (unpaired) electrons. The fourth-order valence-electron chi connectivity index (χ4n) is 2.32. The third kappa shape index (κ3) is 3.97. The molecule has 0 aliphatic heterocycles. The quantitative estimate of drug-likeness (QED) is 0.464. The Morgan fingerprint density at radius 2 is 1.67 bits per heavy atom. The van der Waals surface area contributed by atoms with Gasteiger partial charge in [0, 0.05) is 18.4 Å². The minimum Gasteiger partial charge on any atom is -0.501 e. The molecule has 0 unspecified atom stereocenters. The number of anilines is 1. The van der Waals surface area contributed by atoms with Crippen LogP contribution in [0.5, 0.6) is 0 Å². The summed E-state index contributed by atoms with van der Waals surface area (Å²) in [6.07, 6.45) is 0. The first kappa shape index (κ1) is 19.7. The number of aromatic nitrogens is 2. The van der Waals surface area contributed by atoms with Gasteiger partial charge in [-0.05, 0) is 19.1 Å². The Balaban J connectivity index is 2.52. The number of benzene rings is 1. The van der Waals surface area contributed by atoms with Gasteiger partial charge in [0.05, 0.1) is 14.2 Å². The molecule has 2 rings (SSSR count). The number of ether oxygens (including phenoxy) is 2. The molecule has 142 valence electrons. The van der Waals surface area contributed by atoms with Crippen molar-refractivity contribution in [1.29, 1.82) is 0 Å². The minimum absolute atomic E-state index is 0.0235. The number of nitrogens with zero attached hydrogens (tertiary/aromatic N) is 2. The van der Waals surface area contributed by atoms with Crippen molar-refractivity contribution in [3.63, 3.8) is 0 Å². The van der Waals surface area contributed by atoms with Crippen LogP contribution >= 0.6 is 0 Å². The van der Waals surface area contributed by atoms with Gasteiger partial charge in [0.15, 0.2) is 11.4 Å². The van der Waals surface area contributed by atoms with Crippen LogP contribution in [-0.4, -0.2) is 46.7 Å². The Hall–Kier alpha value is -3.62. The van der Waals surface area contributed by atoms with E-state index in [0.29, 0.717) is 11.4 Å². The number of para-hydroxylation sites is 1. The van der Waals surface area contributed by atoms with Crippen molar-refractivity contribution in [2.45, 2.75) is 6.92 Å². The standard InChI is InChI=1S/C18H19N3O6/c1-10-13(16(23)19-11-8-6-5-7-9-11)20-15(21(10)2)12(17(24)26-3)14(22)18(25)27-4/h5-9,22H,1-4H3,(H,19,23)/b14-12+. The van der Waals surface area contributed by atoms with Crippen LogP contribution in [0.25, 0.3) is 5.57 Å². The Labute approximate surface area is 155 Å². The maximum absolute atomic E-state index is 12.5. The Morgan fingerprint density at radius 3 is 2.22 bits per heavy atom. The Bertz CT molecular complexity index is 915. The zero-order chi connectivity index (χ0) is 20.1. The van der Waals surface area contributed by atoms with Gasteiger partial charge in [-0.15, -0.1) is 0 Å². The number of rotatable bonds is 5. The first-order valence-corrected chi connectivity index (χ1v) is 7.81. The van der Waals surface area contributed by atoms with Crippen LogP contribution in [-0.2, 0) is 26.1 Å². The number of hydrogen-bond donors (Lipinski definition) is 2. The van der Waals surface area contributed by atoms with Crippen molar-refractivity contribution in [3.05, 3.63) is 53.3 Å². The number of carbonyl (C=O) groups is 3. The molecule has 1 aromatic carbocycles. The van der Waals surface area contributed by atoms with E-state index >= 15 is 0 Å². The summed E-state index contributed by atoms with van der Waals surface area (Å²) in [6.45, 7) is 1.61. The molecular formula is C18H19N3O6. The minimum atomic E-state index is -1.13. The van der Waals surface area contributed by atoms with Crippen LogP contribution in [0, 0.1) is 6.92 Å². The van der Waals surface area contributed by atoms with Gasteiger partial charge in [-0.25, -0.2) is 14.6 Å². The van der Waals surface area contributed by atoms with Gasteiger partial charge in [0.1, 0.15) is 5.69 Å². The lowest BCUT2D eigenvalue weighted by atomic mass is 10.2. The van der Waals surface area contributed by atoms with Gasteiger partial charge in [-0.3, -0.25) is 4.79 Å². The summed E-state index contributed by atoms with van der Waals surface area (Å²) in [6, 6.07) is 8.75. The molecule has 27 heavy (non-hydrogen) atoms. The molecule has 0 saturated carbocycles. The smallest absolute Gasteiger partial charge is 0.374 e. The van der Waals surface area contributed by atoms with Crippen molar-refractivity contribution >= 4 is 29.1 Å². The molecule has 1 amide bonds. The third-order valence-corrected chi connectivity index (χ3v) is 3.86. The van der Waals surface area contributed by atoms with E-state index in [-0.39, 0.29) is 11.5 Å². The first-order valence-electron chi connectivity index (χ1n) is 7.81. The zero-order valence-corrected chi connectivity index (χ0v) is 15.3. The SMILES string of the molecule is COC(=O)/C(O)=C(\C(=O)OC)c1nc(C(=O)Nc2ccccc2)c(C)n1C. The fourth-order valence-corrected chi connectivity index (χ4v) is 2.32. The van der Waals surface area contributed by atoms with Crippen molar-refractivity contribution in [1.82, 2.24) is 9.55 Å². The number of amides is 1. The maximum atomic E-state index is 12.5. The third-order valence-electron chi connectivity index (χ3n) is 3.86. The highest BCUT2D eigenvalue weighted by atomic mass is 16.5. The van der Waals surface area contributed by atoms with Gasteiger partial charge in [0.2, 0.25) is 5.76 Å². The molecule has 9 heteroatoms. The molecular weight excluding hydrogens is 354 g/mol. The predicted octanol–water partition coefficient (Wildman–Crippen LogP) is 1.60. The molecule has 9 nitrogen and oxygen atoms in total. The maximum Gasteiger partial charge on any atom is 0.374 e. The van der Waals surface area contributed by atoms with E-state index in [1.165, 1.54) is 11.6 Å². The van der Waals surface area contributed by atoms with Crippen LogP contribution in [0.4, 0.5) is 5.69 Å². The summed E-state index contributed by atoms with van der Waals surface area (Å²) in [7, 11) is 3.67. The topological polar surface area (TPSA) is 120 Å². The highest BCUT2D eigenvalue weighted by molar-refractivity contribution is 6.21. The second-order valence-corrected chi connectivity index (χ2v) is 5.46. The van der Waals surface area contributed by atoms with E-state index in [0.717, 1.165) is 14.2 Å². The van der Waals surface area contributed by atoms with E-state index in [1.54, 1.807) is 31.2 Å². The molecule has 2 N–H and O–H groups in total. The highest BCUT2D eigenvalue weighted by Crippen LogP contribution is 2.22. The summed E-state index contributed by atoms with van der Waals surface area (Å²) in [5.74, 6) is -3.72. The van der Waals surface area contributed by atoms with Crippen molar-refractivity contribution in [3.8, 4) is 0 Å². The number of imidazole rings is 1. The lowest BCUT2D eigenvalue weighted by Gasteiger charge is -2.08. The summed E-state index contributed by atoms with van der Waals surface area (Å²) < 4.78 is 10.5. The van der Waals surface area contributed by atoms with Crippen LogP contribution in [0.2, 0.25) is 0 Å². The summed E-state index contributed by atoms with van der Waals surface area (Å²) in [4.78, 5) is 40.5. The number of carbonyl (C=O) groups excluding carboxylic acids is 3. The van der Waals surface area contributed by atoms with Crippen LogP contribution in [0.15, 0.2) is 36.1 Å². The first-order chi connectivity index (χ1) is 12.8. The Morgan fingerprint density at radius 1 is 1.07 bits per heavy atom. The molecule has 0 atom stereocenters. The van der Waals surface area contributed by atoms with Gasteiger partial charge >= 0.3 is 11.9 Å². The molecule has 1 heterocycles. The second-order valence-electron chi connectivity index (χ2n) is 5.46. The van der Waals surface area contributed by atoms with Gasteiger partial charge in [0.25, 0.3) is 5.91 Å². The number of aliphatic hydroxyl groups excluding tert-OH is 1. The van der Waals surface area contributed by atoms with E-state index in [2.05, 4.69) is 19.8 Å². The zero-order valence-electron chi connectivity index (χ0n) is 15.3. The van der Waals surface area contributed by atoms with Crippen LogP contribution < -0.4 is 5.32 Å². The van der Waals surface area contributed by atoms with E-state index in [4.69, 9.17) is 0 Å². The summed E-state index contributed by atoms with van der Waals surface area (Å²) >= 11 is 0. The lowest BCUT2D eigenvalue weighted by Crippen LogP contribution is -2.16. The predicted molar refractivity (Wildman–Crippen MR) is 95.9 cm³/mol. The number of nitrogens with one attached hydrogen (secondary N) is 1. The monoisotopic (exact) mass is 373 g/mol. The van der Waals surface area contributed by atoms with Crippen molar-refractivity contribution < 1.29 is 29.0 Å². The van der Waals surface area contributed by atoms with Crippen LogP contribution in [0.3, 0.4) is 0 Å². The molecule has 0 aliphatic carbocycles. The average molecular weight is 373 g/mol. The average Bonchev–Trinajstić information content (AvgIpc) is 2.97. The van der Waals surface area contributed by atoms with E-state index in [9.17, 15) is 19.5 Å². The molecule has 0 bridgehead atoms. The van der Waals surface area contributed by atoms with E-state index < -0.39 is 29.2 Å². The number of methoxy groups -OCH3 is 2. The van der Waals surface area contributed by atoms with E-state index in [1.807, 2.05) is 6.07 Å². The normalized spacial score (nSPS) is 11.4. The van der Waals surface area contributed by atoms with Gasteiger partial charge in [-0.1, -0.05) is 18.2 Å². The second kappa shape index (κ2) is 8.17. The highest BCUT2D eigenvalue weighted by Gasteiger charge is 2.30.